The number of carboxylic acid groups (broad SMARTS) is 1. The summed E-state index contributed by atoms with van der Waals surface area (Å²) in [6, 6.07) is 7.09. The summed E-state index contributed by atoms with van der Waals surface area (Å²) in [5, 5.41) is 13.4. The van der Waals surface area contributed by atoms with Crippen LogP contribution in [0.2, 0.25) is 0 Å². The number of hydrogen-bond donors (Lipinski definition) is 1. The molecule has 0 atom stereocenters. The van der Waals surface area contributed by atoms with E-state index in [4.69, 9.17) is 0 Å². The molecule has 6 nitrogen and oxygen atoms in total. The van der Waals surface area contributed by atoms with Crippen molar-refractivity contribution in [3.63, 3.8) is 0 Å². The van der Waals surface area contributed by atoms with Gasteiger partial charge in [-0.15, -0.1) is 0 Å². The summed E-state index contributed by atoms with van der Waals surface area (Å²) in [6.07, 6.45) is 4.22. The summed E-state index contributed by atoms with van der Waals surface area (Å²) in [5.74, 6) is -0.933. The minimum atomic E-state index is -0.933. The molecule has 0 unspecified atom stereocenters. The second-order valence-electron chi connectivity index (χ2n) is 4.61. The van der Waals surface area contributed by atoms with Crippen LogP contribution in [0, 0.1) is 0 Å². The lowest BCUT2D eigenvalue weighted by Crippen LogP contribution is -2.07. The SMILES string of the molecule is Cn1nccc1CCn1cnc2cccc(C(=O)O)c21. The zero-order chi connectivity index (χ0) is 14.1. The van der Waals surface area contributed by atoms with E-state index in [0.717, 1.165) is 12.1 Å². The van der Waals surface area contributed by atoms with Gasteiger partial charge in [0.15, 0.2) is 0 Å². The van der Waals surface area contributed by atoms with Gasteiger partial charge in [-0.2, -0.15) is 5.10 Å². The van der Waals surface area contributed by atoms with Crippen molar-refractivity contribution in [2.75, 3.05) is 0 Å². The highest BCUT2D eigenvalue weighted by molar-refractivity contribution is 6.01. The third kappa shape index (κ3) is 2.05. The minimum absolute atomic E-state index is 0.282. The van der Waals surface area contributed by atoms with Crippen molar-refractivity contribution in [3.8, 4) is 0 Å². The first-order valence-corrected chi connectivity index (χ1v) is 6.31. The van der Waals surface area contributed by atoms with Gasteiger partial charge in [-0.25, -0.2) is 9.78 Å². The highest BCUT2D eigenvalue weighted by Gasteiger charge is 2.13. The summed E-state index contributed by atoms with van der Waals surface area (Å²) in [7, 11) is 1.89. The zero-order valence-electron chi connectivity index (χ0n) is 11.0. The summed E-state index contributed by atoms with van der Waals surface area (Å²) < 4.78 is 3.70. The molecule has 1 N–H and O–H groups in total. The number of para-hydroxylation sites is 1. The van der Waals surface area contributed by atoms with Gasteiger partial charge in [0.2, 0.25) is 0 Å². The lowest BCUT2D eigenvalue weighted by atomic mass is 10.2. The fraction of sp³-hybridized carbons (Fsp3) is 0.214. The average Bonchev–Trinajstić information content (AvgIpc) is 3.02. The second kappa shape index (κ2) is 4.80. The average molecular weight is 270 g/mol. The number of aryl methyl sites for hydroxylation is 3. The van der Waals surface area contributed by atoms with Crippen LogP contribution < -0.4 is 0 Å². The molecule has 102 valence electrons. The van der Waals surface area contributed by atoms with E-state index >= 15 is 0 Å². The molecule has 3 rings (SSSR count). The topological polar surface area (TPSA) is 72.9 Å². The van der Waals surface area contributed by atoms with Crippen LogP contribution in [0.1, 0.15) is 16.1 Å². The van der Waals surface area contributed by atoms with E-state index in [0.29, 0.717) is 17.6 Å². The van der Waals surface area contributed by atoms with E-state index in [1.807, 2.05) is 28.4 Å². The first kappa shape index (κ1) is 12.4. The number of carboxylic acids is 1. The van der Waals surface area contributed by atoms with E-state index < -0.39 is 5.97 Å². The molecular formula is C14H14N4O2. The Labute approximate surface area is 115 Å². The van der Waals surface area contributed by atoms with E-state index in [-0.39, 0.29) is 5.56 Å². The summed E-state index contributed by atoms with van der Waals surface area (Å²) in [6.45, 7) is 0.667. The molecule has 0 aliphatic heterocycles. The molecule has 20 heavy (non-hydrogen) atoms. The van der Waals surface area contributed by atoms with Crippen LogP contribution in [-0.2, 0) is 20.0 Å². The van der Waals surface area contributed by atoms with Gasteiger partial charge in [-0.05, 0) is 18.2 Å². The molecule has 0 fully saturated rings. The third-order valence-electron chi connectivity index (χ3n) is 3.40. The predicted octanol–water partition coefficient (Wildman–Crippen LogP) is 1.71. The lowest BCUT2D eigenvalue weighted by Gasteiger charge is -2.06. The van der Waals surface area contributed by atoms with Gasteiger partial charge in [0.25, 0.3) is 0 Å². The molecule has 1 aromatic carbocycles. The smallest absolute Gasteiger partial charge is 0.337 e. The van der Waals surface area contributed by atoms with Gasteiger partial charge in [0.05, 0.1) is 22.9 Å². The van der Waals surface area contributed by atoms with Crippen molar-refractivity contribution in [1.29, 1.82) is 0 Å². The number of nitrogens with zero attached hydrogens (tertiary/aromatic N) is 4. The van der Waals surface area contributed by atoms with Crippen LogP contribution in [-0.4, -0.2) is 30.4 Å². The summed E-state index contributed by atoms with van der Waals surface area (Å²) in [5.41, 5.74) is 2.75. The van der Waals surface area contributed by atoms with Gasteiger partial charge < -0.3 is 9.67 Å². The van der Waals surface area contributed by atoms with Crippen LogP contribution in [0.25, 0.3) is 11.0 Å². The molecule has 0 amide bonds. The Morgan fingerprint density at radius 3 is 2.90 bits per heavy atom. The number of hydrogen-bond acceptors (Lipinski definition) is 3. The van der Waals surface area contributed by atoms with Crippen LogP contribution in [0.3, 0.4) is 0 Å². The van der Waals surface area contributed by atoms with E-state index in [2.05, 4.69) is 10.1 Å². The number of aromatic nitrogens is 4. The Hall–Kier alpha value is -2.63. The molecule has 0 spiro atoms. The van der Waals surface area contributed by atoms with Crippen LogP contribution >= 0.6 is 0 Å². The zero-order valence-corrected chi connectivity index (χ0v) is 11.0. The van der Waals surface area contributed by atoms with Crippen molar-refractivity contribution in [3.05, 3.63) is 48.0 Å². The van der Waals surface area contributed by atoms with E-state index in [1.54, 1.807) is 24.7 Å². The molecule has 0 radical (unpaired) electrons. The Morgan fingerprint density at radius 1 is 1.35 bits per heavy atom. The predicted molar refractivity (Wildman–Crippen MR) is 73.6 cm³/mol. The van der Waals surface area contributed by atoms with Crippen molar-refractivity contribution in [2.24, 2.45) is 7.05 Å². The largest absolute Gasteiger partial charge is 0.478 e. The first-order valence-electron chi connectivity index (χ1n) is 6.31. The van der Waals surface area contributed by atoms with Gasteiger partial charge in [0.1, 0.15) is 0 Å². The molecule has 2 aromatic heterocycles. The molecule has 0 saturated heterocycles. The number of carbonyl (C=O) groups is 1. The standard InChI is InChI=1S/C14H14N4O2/c1-17-10(5-7-16-17)6-8-18-9-15-12-4-2-3-11(13(12)18)14(19)20/h2-5,7,9H,6,8H2,1H3,(H,19,20). The van der Waals surface area contributed by atoms with Crippen LogP contribution in [0.4, 0.5) is 0 Å². The quantitative estimate of drug-likeness (QED) is 0.783. The Morgan fingerprint density at radius 2 is 2.20 bits per heavy atom. The molecule has 0 bridgehead atoms. The lowest BCUT2D eigenvalue weighted by molar-refractivity contribution is 0.0698. The first-order chi connectivity index (χ1) is 9.66. The number of rotatable bonds is 4. The van der Waals surface area contributed by atoms with Crippen molar-refractivity contribution in [1.82, 2.24) is 19.3 Å². The normalized spacial score (nSPS) is 11.1. The maximum Gasteiger partial charge on any atom is 0.337 e. The number of fused-ring (bicyclic) bond motifs is 1. The molecule has 6 heteroatoms. The van der Waals surface area contributed by atoms with Gasteiger partial charge in [-0.1, -0.05) is 6.07 Å². The third-order valence-corrected chi connectivity index (χ3v) is 3.40. The molecule has 2 heterocycles. The second-order valence-corrected chi connectivity index (χ2v) is 4.61. The van der Waals surface area contributed by atoms with Crippen molar-refractivity contribution in [2.45, 2.75) is 13.0 Å². The maximum atomic E-state index is 11.3. The highest BCUT2D eigenvalue weighted by Crippen LogP contribution is 2.18. The summed E-state index contributed by atoms with van der Waals surface area (Å²) >= 11 is 0. The summed E-state index contributed by atoms with van der Waals surface area (Å²) in [4.78, 5) is 15.6. The number of imidazole rings is 1. The Balaban J connectivity index is 1.96. The highest BCUT2D eigenvalue weighted by atomic mass is 16.4. The fourth-order valence-electron chi connectivity index (χ4n) is 2.35. The fourth-order valence-corrected chi connectivity index (χ4v) is 2.35. The van der Waals surface area contributed by atoms with Gasteiger partial charge in [-0.3, -0.25) is 4.68 Å². The Kier molecular flexibility index (Phi) is 2.98. The van der Waals surface area contributed by atoms with Crippen molar-refractivity contribution < 1.29 is 9.90 Å². The molecule has 0 aliphatic carbocycles. The Bertz CT molecular complexity index is 772. The van der Waals surface area contributed by atoms with Gasteiger partial charge in [0, 0.05) is 31.9 Å². The molecular weight excluding hydrogens is 256 g/mol. The van der Waals surface area contributed by atoms with E-state index in [9.17, 15) is 9.90 Å². The number of aromatic carboxylic acids is 1. The van der Waals surface area contributed by atoms with Gasteiger partial charge >= 0.3 is 5.97 Å². The number of benzene rings is 1. The molecule has 0 aliphatic rings. The monoisotopic (exact) mass is 270 g/mol. The van der Waals surface area contributed by atoms with E-state index in [1.165, 1.54) is 0 Å². The van der Waals surface area contributed by atoms with Crippen LogP contribution in [0.15, 0.2) is 36.8 Å². The maximum absolute atomic E-state index is 11.3. The van der Waals surface area contributed by atoms with Crippen molar-refractivity contribution >= 4 is 17.0 Å². The van der Waals surface area contributed by atoms with Crippen LogP contribution in [0.5, 0.6) is 0 Å². The molecule has 0 saturated carbocycles. The minimum Gasteiger partial charge on any atom is -0.478 e. The molecule has 3 aromatic rings.